The number of aliphatic hydroxyl groups excluding tert-OH is 1. The number of nitrogens with zero attached hydrogens (tertiary/aromatic N) is 1. The predicted molar refractivity (Wildman–Crippen MR) is 79.0 cm³/mol. The molecule has 0 bridgehead atoms. The van der Waals surface area contributed by atoms with E-state index in [0.29, 0.717) is 0 Å². The Labute approximate surface area is 117 Å². The van der Waals surface area contributed by atoms with Gasteiger partial charge < -0.3 is 5.11 Å². The molecule has 1 aromatic heterocycles. The molecule has 0 saturated heterocycles. The standard InChI is InChI=1S/C17H27NO/c1-2-7-17(19)16-11-6-10-15(18-16)13-12-14-8-4-3-5-9-14/h6,10-11,14,17,19H,2-5,7-9,12-13H2,1H3. The van der Waals surface area contributed by atoms with Gasteiger partial charge in [-0.05, 0) is 37.3 Å². The molecule has 1 fully saturated rings. The molecule has 1 atom stereocenters. The summed E-state index contributed by atoms with van der Waals surface area (Å²) in [6.45, 7) is 2.09. The van der Waals surface area contributed by atoms with Gasteiger partial charge in [-0.2, -0.15) is 0 Å². The predicted octanol–water partition coefficient (Wildman–Crippen LogP) is 4.43. The highest BCUT2D eigenvalue weighted by atomic mass is 16.3. The van der Waals surface area contributed by atoms with Crippen LogP contribution < -0.4 is 0 Å². The molecule has 0 aromatic carbocycles. The number of aliphatic hydroxyl groups is 1. The minimum Gasteiger partial charge on any atom is -0.387 e. The molecule has 1 saturated carbocycles. The van der Waals surface area contributed by atoms with Crippen molar-refractivity contribution in [2.24, 2.45) is 5.92 Å². The van der Waals surface area contributed by atoms with Gasteiger partial charge in [0.25, 0.3) is 0 Å². The van der Waals surface area contributed by atoms with Crippen molar-refractivity contribution in [3.8, 4) is 0 Å². The van der Waals surface area contributed by atoms with E-state index in [1.165, 1.54) is 38.5 Å². The first kappa shape index (κ1) is 14.5. The van der Waals surface area contributed by atoms with E-state index in [1.54, 1.807) is 0 Å². The molecule has 106 valence electrons. The van der Waals surface area contributed by atoms with Crippen LogP contribution in [0.3, 0.4) is 0 Å². The maximum Gasteiger partial charge on any atom is 0.0959 e. The lowest BCUT2D eigenvalue weighted by Crippen LogP contribution is -2.08. The Morgan fingerprint density at radius 3 is 2.79 bits per heavy atom. The molecule has 1 heterocycles. The van der Waals surface area contributed by atoms with Crippen molar-refractivity contribution in [1.82, 2.24) is 4.98 Å². The lowest BCUT2D eigenvalue weighted by atomic mass is 9.86. The van der Waals surface area contributed by atoms with E-state index >= 15 is 0 Å². The monoisotopic (exact) mass is 261 g/mol. The summed E-state index contributed by atoms with van der Waals surface area (Å²) in [5.74, 6) is 0.903. The molecule has 1 aromatic rings. The molecule has 0 amide bonds. The molecule has 1 unspecified atom stereocenters. The summed E-state index contributed by atoms with van der Waals surface area (Å²) >= 11 is 0. The average Bonchev–Trinajstić information content (AvgIpc) is 2.47. The molecule has 2 rings (SSSR count). The number of aryl methyl sites for hydroxylation is 1. The molecular weight excluding hydrogens is 234 g/mol. The van der Waals surface area contributed by atoms with Crippen LogP contribution in [-0.4, -0.2) is 10.1 Å². The summed E-state index contributed by atoms with van der Waals surface area (Å²) in [4.78, 5) is 4.63. The Hall–Kier alpha value is -0.890. The highest BCUT2D eigenvalue weighted by molar-refractivity contribution is 5.13. The van der Waals surface area contributed by atoms with E-state index in [4.69, 9.17) is 0 Å². The fourth-order valence-corrected chi connectivity index (χ4v) is 3.07. The minimum atomic E-state index is -0.389. The van der Waals surface area contributed by atoms with Gasteiger partial charge in [0.1, 0.15) is 0 Å². The zero-order valence-electron chi connectivity index (χ0n) is 12.1. The zero-order chi connectivity index (χ0) is 13.5. The Morgan fingerprint density at radius 2 is 2.05 bits per heavy atom. The van der Waals surface area contributed by atoms with Crippen LogP contribution in [0.4, 0.5) is 0 Å². The lowest BCUT2D eigenvalue weighted by molar-refractivity contribution is 0.161. The first-order valence-electron chi connectivity index (χ1n) is 7.93. The summed E-state index contributed by atoms with van der Waals surface area (Å²) in [5.41, 5.74) is 2.00. The fraction of sp³-hybridized carbons (Fsp3) is 0.706. The van der Waals surface area contributed by atoms with Gasteiger partial charge in [-0.15, -0.1) is 0 Å². The molecule has 2 nitrogen and oxygen atoms in total. The third-order valence-electron chi connectivity index (χ3n) is 4.27. The highest BCUT2D eigenvalue weighted by Crippen LogP contribution is 2.27. The first-order chi connectivity index (χ1) is 9.29. The van der Waals surface area contributed by atoms with Crippen LogP contribution in [0.25, 0.3) is 0 Å². The van der Waals surface area contributed by atoms with Gasteiger partial charge in [-0.3, -0.25) is 4.98 Å². The van der Waals surface area contributed by atoms with E-state index in [0.717, 1.165) is 36.6 Å². The van der Waals surface area contributed by atoms with Gasteiger partial charge in [0.15, 0.2) is 0 Å². The molecule has 1 aliphatic rings. The van der Waals surface area contributed by atoms with Crippen LogP contribution in [0.2, 0.25) is 0 Å². The normalized spacial score (nSPS) is 18.4. The molecule has 0 radical (unpaired) electrons. The number of rotatable bonds is 6. The zero-order valence-corrected chi connectivity index (χ0v) is 12.1. The Morgan fingerprint density at radius 1 is 1.26 bits per heavy atom. The summed E-state index contributed by atoms with van der Waals surface area (Å²) < 4.78 is 0. The number of aromatic nitrogens is 1. The summed E-state index contributed by atoms with van der Waals surface area (Å²) in [7, 11) is 0. The van der Waals surface area contributed by atoms with E-state index < -0.39 is 0 Å². The van der Waals surface area contributed by atoms with Gasteiger partial charge in [-0.1, -0.05) is 51.5 Å². The van der Waals surface area contributed by atoms with Gasteiger partial charge in [0.05, 0.1) is 11.8 Å². The third kappa shape index (κ3) is 4.61. The molecule has 19 heavy (non-hydrogen) atoms. The highest BCUT2D eigenvalue weighted by Gasteiger charge is 2.14. The van der Waals surface area contributed by atoms with Crippen LogP contribution in [0.5, 0.6) is 0 Å². The van der Waals surface area contributed by atoms with Crippen LogP contribution in [0, 0.1) is 5.92 Å². The number of hydrogen-bond acceptors (Lipinski definition) is 2. The van der Waals surface area contributed by atoms with Crippen molar-refractivity contribution in [3.05, 3.63) is 29.6 Å². The summed E-state index contributed by atoms with van der Waals surface area (Å²) in [6.07, 6.45) is 10.8. The van der Waals surface area contributed by atoms with Gasteiger partial charge in [0.2, 0.25) is 0 Å². The van der Waals surface area contributed by atoms with Gasteiger partial charge in [0, 0.05) is 5.69 Å². The van der Waals surface area contributed by atoms with Crippen molar-refractivity contribution >= 4 is 0 Å². The third-order valence-corrected chi connectivity index (χ3v) is 4.27. The quantitative estimate of drug-likeness (QED) is 0.822. The number of pyridine rings is 1. The second-order valence-corrected chi connectivity index (χ2v) is 5.90. The smallest absolute Gasteiger partial charge is 0.0959 e. The Balaban J connectivity index is 1.87. The van der Waals surface area contributed by atoms with E-state index in [2.05, 4.69) is 18.0 Å². The number of hydrogen-bond donors (Lipinski definition) is 1. The van der Waals surface area contributed by atoms with E-state index in [-0.39, 0.29) is 6.10 Å². The van der Waals surface area contributed by atoms with Crippen molar-refractivity contribution in [2.75, 3.05) is 0 Å². The van der Waals surface area contributed by atoms with Crippen molar-refractivity contribution < 1.29 is 5.11 Å². The average molecular weight is 261 g/mol. The Kier molecular flexibility index (Phi) is 5.84. The molecule has 0 spiro atoms. The molecule has 0 aliphatic heterocycles. The van der Waals surface area contributed by atoms with Crippen LogP contribution >= 0.6 is 0 Å². The topological polar surface area (TPSA) is 33.1 Å². The Bertz CT molecular complexity index is 371. The summed E-state index contributed by atoms with van der Waals surface area (Å²) in [6, 6.07) is 6.09. The molecule has 2 heteroatoms. The largest absolute Gasteiger partial charge is 0.387 e. The van der Waals surface area contributed by atoms with Crippen molar-refractivity contribution in [3.63, 3.8) is 0 Å². The molecule has 1 aliphatic carbocycles. The van der Waals surface area contributed by atoms with Gasteiger partial charge in [-0.25, -0.2) is 0 Å². The fourth-order valence-electron chi connectivity index (χ4n) is 3.07. The summed E-state index contributed by atoms with van der Waals surface area (Å²) in [5, 5.41) is 10.00. The first-order valence-corrected chi connectivity index (χ1v) is 7.93. The van der Waals surface area contributed by atoms with Crippen molar-refractivity contribution in [2.45, 2.75) is 70.8 Å². The van der Waals surface area contributed by atoms with E-state index in [9.17, 15) is 5.11 Å². The van der Waals surface area contributed by atoms with E-state index in [1.807, 2.05) is 12.1 Å². The van der Waals surface area contributed by atoms with Crippen LogP contribution in [0.15, 0.2) is 18.2 Å². The maximum atomic E-state index is 10.00. The van der Waals surface area contributed by atoms with Crippen LogP contribution in [-0.2, 0) is 6.42 Å². The van der Waals surface area contributed by atoms with Crippen LogP contribution in [0.1, 0.15) is 75.8 Å². The SMILES string of the molecule is CCCC(O)c1cccc(CCC2CCCCC2)n1. The second kappa shape index (κ2) is 7.64. The minimum absolute atomic E-state index is 0.389. The molecular formula is C17H27NO. The second-order valence-electron chi connectivity index (χ2n) is 5.90. The lowest BCUT2D eigenvalue weighted by Gasteiger charge is -2.21. The van der Waals surface area contributed by atoms with Gasteiger partial charge >= 0.3 is 0 Å². The molecule has 1 N–H and O–H groups in total. The maximum absolute atomic E-state index is 10.00. The van der Waals surface area contributed by atoms with Crippen molar-refractivity contribution in [1.29, 1.82) is 0 Å².